The van der Waals surface area contributed by atoms with Crippen molar-refractivity contribution >= 4 is 30.0 Å². The normalized spacial score (nSPS) is 41.3. The van der Waals surface area contributed by atoms with E-state index in [2.05, 4.69) is 32.7 Å². The molecule has 5 N–H and O–H groups in total. The molecule has 2 bridgehead atoms. The summed E-state index contributed by atoms with van der Waals surface area (Å²) < 4.78 is 11.8. The minimum Gasteiger partial charge on any atom is -0.460 e. The number of anilines is 1. The van der Waals surface area contributed by atoms with E-state index in [0.717, 1.165) is 24.8 Å². The zero-order valence-corrected chi connectivity index (χ0v) is 23.6. The van der Waals surface area contributed by atoms with Crippen molar-refractivity contribution in [1.82, 2.24) is 0 Å². The molecule has 3 aliphatic carbocycles. The lowest BCUT2D eigenvalue weighted by atomic mass is 9.44. The van der Waals surface area contributed by atoms with Crippen LogP contribution in [0.2, 0.25) is 0 Å². The second kappa shape index (κ2) is 10.0. The number of hydrogen-bond acceptors (Lipinski definition) is 8. The Bertz CT molecular complexity index is 1160. The maximum absolute atomic E-state index is 13.5. The highest BCUT2D eigenvalue weighted by molar-refractivity contribution is 6.61. The van der Waals surface area contributed by atoms with E-state index < -0.39 is 36.1 Å². The number of ether oxygens (including phenoxy) is 1. The fraction of sp³-hybridized carbons (Fsp3) is 0.667. The number of nitrogens with one attached hydrogen (secondary N) is 1. The average Bonchev–Trinajstić information content (AvgIpc) is 3.44. The Hall–Kier alpha value is -2.20. The molecule has 212 valence electrons. The van der Waals surface area contributed by atoms with E-state index >= 15 is 0 Å². The fourth-order valence-corrected chi connectivity index (χ4v) is 8.55. The van der Waals surface area contributed by atoms with Crippen LogP contribution in [0.4, 0.5) is 5.69 Å². The third kappa shape index (κ3) is 4.28. The van der Waals surface area contributed by atoms with E-state index in [0.29, 0.717) is 24.0 Å². The lowest BCUT2D eigenvalue weighted by Gasteiger charge is -2.61. The Balaban J connectivity index is 1.41. The third-order valence-electron chi connectivity index (χ3n) is 11.2. The summed E-state index contributed by atoms with van der Waals surface area (Å²) in [5.74, 6) is -0.346. The predicted molar refractivity (Wildman–Crippen MR) is 150 cm³/mol. The molecule has 3 fully saturated rings. The van der Waals surface area contributed by atoms with Gasteiger partial charge in [0, 0.05) is 35.4 Å². The van der Waals surface area contributed by atoms with Gasteiger partial charge in [0.25, 0.3) is 0 Å². The highest BCUT2D eigenvalue weighted by Crippen LogP contribution is 2.68. The smallest absolute Gasteiger partial charge is 0.460 e. The van der Waals surface area contributed by atoms with Crippen molar-refractivity contribution in [2.24, 2.45) is 39.7 Å². The quantitative estimate of drug-likeness (QED) is 0.247. The number of esters is 1. The first kappa shape index (κ1) is 28.3. The molecule has 9 atom stereocenters. The molecular weight excluding hydrogens is 495 g/mol. The van der Waals surface area contributed by atoms with E-state index in [1.54, 1.807) is 12.1 Å². The van der Waals surface area contributed by atoms with Gasteiger partial charge in [0.2, 0.25) is 0 Å². The number of aliphatic hydroxyl groups excluding tert-OH is 1. The third-order valence-corrected chi connectivity index (χ3v) is 11.2. The van der Waals surface area contributed by atoms with E-state index in [9.17, 15) is 19.7 Å². The Morgan fingerprint density at radius 1 is 1.33 bits per heavy atom. The maximum Gasteiger partial charge on any atom is 0.492 e. The average molecular weight is 538 g/mol. The largest absolute Gasteiger partial charge is 0.492 e. The number of fused-ring (bicyclic) bond motifs is 1. The Morgan fingerprint density at radius 3 is 2.77 bits per heavy atom. The summed E-state index contributed by atoms with van der Waals surface area (Å²) in [6.45, 7) is 12.6. The molecule has 9 heteroatoms. The van der Waals surface area contributed by atoms with E-state index in [-0.39, 0.29) is 48.1 Å². The van der Waals surface area contributed by atoms with Gasteiger partial charge < -0.3 is 30.6 Å². The molecule has 1 aliphatic heterocycles. The minimum absolute atomic E-state index is 0.0694. The van der Waals surface area contributed by atoms with Crippen LogP contribution in [0.25, 0.3) is 0 Å². The summed E-state index contributed by atoms with van der Waals surface area (Å²) in [5, 5.41) is 25.0. The molecule has 0 saturated heterocycles. The summed E-state index contributed by atoms with van der Waals surface area (Å²) in [7, 11) is -1.06. The standard InChI is InChI=1S/C30H43BN2O6/c1-6-28(4)14-24(29(5)17(2)9-11-30(18(3)27(28)36)12-10-22(34)26(29)30)38-25(35)16-33-19-7-8-20-21(13-19)31(37)39-23(20)15-32/h6-8,13,17-18,23-24,26-27,33,36-37H,1,9-12,14-16,32H2,2-5H3/t17-,18-,23?,24+,26-,27-,28+,29-,30-/m0/s1. The second-order valence-electron chi connectivity index (χ2n) is 13.0. The van der Waals surface area contributed by atoms with Crippen LogP contribution in [0.5, 0.6) is 0 Å². The first-order valence-corrected chi connectivity index (χ1v) is 14.4. The van der Waals surface area contributed by atoms with Crippen LogP contribution in [0.3, 0.4) is 0 Å². The number of nitrogens with two attached hydrogens (primary N) is 1. The molecule has 1 aromatic rings. The van der Waals surface area contributed by atoms with Crippen LogP contribution in [0.1, 0.15) is 71.5 Å². The zero-order chi connectivity index (χ0) is 28.3. The molecule has 1 aromatic carbocycles. The molecule has 3 saturated carbocycles. The molecule has 0 spiro atoms. The molecule has 4 aliphatic rings. The second-order valence-corrected chi connectivity index (χ2v) is 13.0. The van der Waals surface area contributed by atoms with E-state index in [1.165, 1.54) is 0 Å². The van der Waals surface area contributed by atoms with Crippen LogP contribution in [-0.2, 0) is 19.0 Å². The van der Waals surface area contributed by atoms with Crippen LogP contribution < -0.4 is 16.5 Å². The number of carbonyl (C=O) groups is 2. The van der Waals surface area contributed by atoms with Gasteiger partial charge in [0.15, 0.2) is 0 Å². The van der Waals surface area contributed by atoms with Gasteiger partial charge in [-0.1, -0.05) is 39.8 Å². The molecule has 0 aromatic heterocycles. The molecule has 1 unspecified atom stereocenters. The first-order chi connectivity index (χ1) is 18.4. The highest BCUT2D eigenvalue weighted by Gasteiger charge is 2.68. The van der Waals surface area contributed by atoms with Gasteiger partial charge in [0.1, 0.15) is 18.4 Å². The number of benzene rings is 1. The van der Waals surface area contributed by atoms with Gasteiger partial charge in [-0.25, -0.2) is 0 Å². The van der Waals surface area contributed by atoms with Gasteiger partial charge >= 0.3 is 13.1 Å². The van der Waals surface area contributed by atoms with Crippen LogP contribution in [0.15, 0.2) is 30.9 Å². The summed E-state index contributed by atoms with van der Waals surface area (Å²) >= 11 is 0. The molecule has 8 nitrogen and oxygen atoms in total. The van der Waals surface area contributed by atoms with Gasteiger partial charge in [0.05, 0.1) is 12.2 Å². The van der Waals surface area contributed by atoms with Gasteiger partial charge in [-0.2, -0.15) is 0 Å². The number of Topliss-reactive ketones (excluding diaryl/α,β-unsaturated/α-hetero) is 1. The van der Waals surface area contributed by atoms with Gasteiger partial charge in [-0.05, 0) is 66.1 Å². The SMILES string of the molecule is C=C[C@]1(C)C[C@@H](OC(=O)CNc2ccc3c(c2)B(O)OC3CN)[C@@]2(C)[C@@H]3C(=O)CC[C@@]3(CC[C@@H]2C)[C@@H](C)[C@@H]1O. The number of hydrogen-bond donors (Lipinski definition) is 4. The fourth-order valence-electron chi connectivity index (χ4n) is 8.55. The lowest BCUT2D eigenvalue weighted by Crippen LogP contribution is -2.63. The predicted octanol–water partition coefficient (Wildman–Crippen LogP) is 2.72. The van der Waals surface area contributed by atoms with Crippen molar-refractivity contribution in [2.45, 2.75) is 78.1 Å². The summed E-state index contributed by atoms with van der Waals surface area (Å²) in [6.07, 6.45) is 3.70. The van der Waals surface area contributed by atoms with E-state index in [4.69, 9.17) is 15.1 Å². The Labute approximate surface area is 231 Å². The Morgan fingerprint density at radius 2 is 2.08 bits per heavy atom. The molecule has 1 heterocycles. The molecule has 5 rings (SSSR count). The monoisotopic (exact) mass is 538 g/mol. The molecular formula is C30H43BN2O6. The summed E-state index contributed by atoms with van der Waals surface area (Å²) in [6, 6.07) is 5.44. The molecule has 0 amide bonds. The zero-order valence-electron chi connectivity index (χ0n) is 23.6. The highest BCUT2D eigenvalue weighted by atomic mass is 16.5. The van der Waals surface area contributed by atoms with Crippen LogP contribution in [0, 0.1) is 34.0 Å². The first-order valence-electron chi connectivity index (χ1n) is 14.4. The van der Waals surface area contributed by atoms with Crippen molar-refractivity contribution in [1.29, 1.82) is 0 Å². The Kier molecular flexibility index (Phi) is 7.28. The molecule has 39 heavy (non-hydrogen) atoms. The number of carbonyl (C=O) groups excluding carboxylic acids is 2. The van der Waals surface area contributed by atoms with Gasteiger partial charge in [-0.3, -0.25) is 9.59 Å². The number of rotatable bonds is 6. The lowest BCUT2D eigenvalue weighted by molar-refractivity contribution is -0.205. The summed E-state index contributed by atoms with van der Waals surface area (Å²) in [4.78, 5) is 26.9. The van der Waals surface area contributed by atoms with Gasteiger partial charge in [-0.15, -0.1) is 6.58 Å². The van der Waals surface area contributed by atoms with Crippen molar-refractivity contribution in [3.8, 4) is 0 Å². The number of ketones is 1. The van der Waals surface area contributed by atoms with Crippen molar-refractivity contribution in [3.05, 3.63) is 36.4 Å². The van der Waals surface area contributed by atoms with Crippen LogP contribution >= 0.6 is 0 Å². The number of aliphatic hydroxyl groups is 1. The van der Waals surface area contributed by atoms with E-state index in [1.807, 2.05) is 19.1 Å². The summed E-state index contributed by atoms with van der Waals surface area (Å²) in [5.41, 5.74) is 6.35. The maximum atomic E-state index is 13.5. The van der Waals surface area contributed by atoms with Crippen LogP contribution in [-0.4, -0.2) is 54.3 Å². The van der Waals surface area contributed by atoms with Crippen molar-refractivity contribution in [3.63, 3.8) is 0 Å². The minimum atomic E-state index is -1.06. The molecule has 0 radical (unpaired) electrons. The topological polar surface area (TPSA) is 131 Å². The van der Waals surface area contributed by atoms with Crippen molar-refractivity contribution in [2.75, 3.05) is 18.4 Å². The van der Waals surface area contributed by atoms with Crippen molar-refractivity contribution < 1.29 is 29.1 Å².